The van der Waals surface area contributed by atoms with Gasteiger partial charge in [0.1, 0.15) is 0 Å². The van der Waals surface area contributed by atoms with Gasteiger partial charge in [-0.1, -0.05) is 58.5 Å². The van der Waals surface area contributed by atoms with Crippen LogP contribution in [0.15, 0.2) is 30.3 Å². The fourth-order valence-electron chi connectivity index (χ4n) is 1.72. The summed E-state index contributed by atoms with van der Waals surface area (Å²) in [4.78, 5) is 2.02. The number of halogens is 4. The van der Waals surface area contributed by atoms with E-state index in [1.54, 1.807) is 6.07 Å². The van der Waals surface area contributed by atoms with Gasteiger partial charge in [-0.15, -0.1) is 0 Å². The molecular formula is C14H11Cl4N. The van der Waals surface area contributed by atoms with Gasteiger partial charge in [-0.25, -0.2) is 0 Å². The Morgan fingerprint density at radius 2 is 1.37 bits per heavy atom. The van der Waals surface area contributed by atoms with Crippen LogP contribution >= 0.6 is 46.4 Å². The fourth-order valence-corrected chi connectivity index (χ4v) is 2.63. The molecule has 1 nitrogen and oxygen atoms in total. The minimum atomic E-state index is 0.280. The minimum absolute atomic E-state index is 0.280. The number of hydrogen-bond acceptors (Lipinski definition) is 1. The number of anilines is 1. The third-order valence-corrected chi connectivity index (χ3v) is 4.55. The Morgan fingerprint density at radius 3 is 1.89 bits per heavy atom. The van der Waals surface area contributed by atoms with Gasteiger partial charge in [-0.3, -0.25) is 0 Å². The quantitative estimate of drug-likeness (QED) is 0.478. The Bertz CT molecular complexity index is 606. The molecule has 0 aliphatic heterocycles. The number of benzene rings is 2. The van der Waals surface area contributed by atoms with E-state index in [4.69, 9.17) is 46.4 Å². The maximum Gasteiger partial charge on any atom is 0.0800 e. The van der Waals surface area contributed by atoms with E-state index >= 15 is 0 Å². The highest BCUT2D eigenvalue weighted by atomic mass is 35.5. The predicted molar refractivity (Wildman–Crippen MR) is 86.2 cm³/mol. The molecular weight excluding hydrogens is 324 g/mol. The smallest absolute Gasteiger partial charge is 0.0800 e. The zero-order valence-corrected chi connectivity index (χ0v) is 13.4. The zero-order chi connectivity index (χ0) is 14.2. The molecule has 0 heterocycles. The summed E-state index contributed by atoms with van der Waals surface area (Å²) in [7, 11) is 3.97. The fraction of sp³-hybridized carbons (Fsp3) is 0.143. The largest absolute Gasteiger partial charge is 0.378 e. The maximum absolute atomic E-state index is 6.22. The summed E-state index contributed by atoms with van der Waals surface area (Å²) in [5, 5.41) is 1.36. The predicted octanol–water partition coefficient (Wildman–Crippen LogP) is 6.03. The van der Waals surface area contributed by atoms with E-state index in [-0.39, 0.29) is 10.0 Å². The number of rotatable bonds is 2. The first kappa shape index (κ1) is 14.8. The summed E-state index contributed by atoms with van der Waals surface area (Å²) >= 11 is 24.3. The summed E-state index contributed by atoms with van der Waals surface area (Å²) < 4.78 is 0. The lowest BCUT2D eigenvalue weighted by atomic mass is 10.1. The van der Waals surface area contributed by atoms with Gasteiger partial charge in [0.25, 0.3) is 0 Å². The minimum Gasteiger partial charge on any atom is -0.378 e. The van der Waals surface area contributed by atoms with Crippen molar-refractivity contribution in [3.8, 4) is 11.1 Å². The average Bonchev–Trinajstić information content (AvgIpc) is 2.40. The first-order valence-electron chi connectivity index (χ1n) is 5.52. The second-order valence-corrected chi connectivity index (χ2v) is 5.83. The van der Waals surface area contributed by atoms with Crippen molar-refractivity contribution < 1.29 is 0 Å². The lowest BCUT2D eigenvalue weighted by Crippen LogP contribution is -2.07. The van der Waals surface area contributed by atoms with Crippen LogP contribution in [0.4, 0.5) is 5.69 Å². The molecule has 0 amide bonds. The standard InChI is InChI=1S/C14H11Cl4N/c1-19(2)9-5-3-8(4-6-9)10-7-11(15)13(17)14(18)12(10)16/h3-7H,1-2H3. The third kappa shape index (κ3) is 2.95. The van der Waals surface area contributed by atoms with E-state index in [0.29, 0.717) is 10.0 Å². The second kappa shape index (κ2) is 5.80. The van der Waals surface area contributed by atoms with Gasteiger partial charge in [0.05, 0.1) is 20.1 Å². The molecule has 100 valence electrons. The van der Waals surface area contributed by atoms with Crippen LogP contribution in [0.3, 0.4) is 0 Å². The molecule has 0 N–H and O–H groups in total. The molecule has 0 atom stereocenters. The molecule has 0 saturated carbocycles. The molecule has 0 spiro atoms. The van der Waals surface area contributed by atoms with E-state index < -0.39 is 0 Å². The summed E-state index contributed by atoms with van der Waals surface area (Å²) in [6.07, 6.45) is 0. The van der Waals surface area contributed by atoms with Crippen molar-refractivity contribution in [3.05, 3.63) is 50.4 Å². The topological polar surface area (TPSA) is 3.24 Å². The van der Waals surface area contributed by atoms with Crippen molar-refractivity contribution in [3.63, 3.8) is 0 Å². The Morgan fingerprint density at radius 1 is 0.789 bits per heavy atom. The SMILES string of the molecule is CN(C)c1ccc(-c2cc(Cl)c(Cl)c(Cl)c2Cl)cc1. The van der Waals surface area contributed by atoms with E-state index in [1.165, 1.54) is 0 Å². The van der Waals surface area contributed by atoms with Crippen LogP contribution in [0.25, 0.3) is 11.1 Å². The van der Waals surface area contributed by atoms with Gasteiger partial charge in [0.2, 0.25) is 0 Å². The Kier molecular flexibility index (Phi) is 4.52. The molecule has 0 fully saturated rings. The van der Waals surface area contributed by atoms with Gasteiger partial charge in [-0.2, -0.15) is 0 Å². The van der Waals surface area contributed by atoms with Crippen LogP contribution in [0.5, 0.6) is 0 Å². The molecule has 0 saturated heterocycles. The van der Waals surface area contributed by atoms with Crippen LogP contribution in [0, 0.1) is 0 Å². The van der Waals surface area contributed by atoms with Crippen molar-refractivity contribution in [2.24, 2.45) is 0 Å². The zero-order valence-electron chi connectivity index (χ0n) is 10.3. The lowest BCUT2D eigenvalue weighted by molar-refractivity contribution is 1.13. The highest BCUT2D eigenvalue weighted by Crippen LogP contribution is 2.42. The first-order chi connectivity index (χ1) is 8.91. The molecule has 0 aliphatic rings. The van der Waals surface area contributed by atoms with Gasteiger partial charge in [0.15, 0.2) is 0 Å². The summed E-state index contributed by atoms with van der Waals surface area (Å²) in [6.45, 7) is 0. The lowest BCUT2D eigenvalue weighted by Gasteiger charge is -2.14. The van der Waals surface area contributed by atoms with Crippen LogP contribution in [0.2, 0.25) is 20.1 Å². The van der Waals surface area contributed by atoms with Crippen LogP contribution < -0.4 is 4.90 Å². The van der Waals surface area contributed by atoms with Gasteiger partial charge in [0, 0.05) is 25.3 Å². The van der Waals surface area contributed by atoms with Gasteiger partial charge < -0.3 is 4.90 Å². The van der Waals surface area contributed by atoms with E-state index in [2.05, 4.69) is 0 Å². The van der Waals surface area contributed by atoms with Crippen LogP contribution in [-0.2, 0) is 0 Å². The van der Waals surface area contributed by atoms with Gasteiger partial charge in [-0.05, 0) is 23.8 Å². The highest BCUT2D eigenvalue weighted by Gasteiger charge is 2.14. The molecule has 2 aromatic rings. The normalized spacial score (nSPS) is 10.6. The summed E-state index contributed by atoms with van der Waals surface area (Å²) in [5.74, 6) is 0. The monoisotopic (exact) mass is 333 g/mol. The van der Waals surface area contributed by atoms with Crippen molar-refractivity contribution in [2.75, 3.05) is 19.0 Å². The van der Waals surface area contributed by atoms with Crippen molar-refractivity contribution in [1.82, 2.24) is 0 Å². The summed E-state index contributed by atoms with van der Waals surface area (Å²) in [6, 6.07) is 9.67. The Balaban J connectivity index is 2.53. The van der Waals surface area contributed by atoms with Crippen molar-refractivity contribution in [2.45, 2.75) is 0 Å². The second-order valence-electron chi connectivity index (χ2n) is 4.29. The number of nitrogens with zero attached hydrogens (tertiary/aromatic N) is 1. The highest BCUT2D eigenvalue weighted by molar-refractivity contribution is 6.52. The molecule has 2 aromatic carbocycles. The summed E-state index contributed by atoms with van der Waals surface area (Å²) in [5.41, 5.74) is 2.81. The molecule has 19 heavy (non-hydrogen) atoms. The van der Waals surface area contributed by atoms with Crippen molar-refractivity contribution >= 4 is 52.1 Å². The molecule has 5 heteroatoms. The van der Waals surface area contributed by atoms with E-state index in [0.717, 1.165) is 16.8 Å². The van der Waals surface area contributed by atoms with Crippen LogP contribution in [0.1, 0.15) is 0 Å². The van der Waals surface area contributed by atoms with Gasteiger partial charge >= 0.3 is 0 Å². The van der Waals surface area contributed by atoms with E-state index in [1.807, 2.05) is 43.3 Å². The molecule has 0 unspecified atom stereocenters. The van der Waals surface area contributed by atoms with E-state index in [9.17, 15) is 0 Å². The van der Waals surface area contributed by atoms with Crippen molar-refractivity contribution in [1.29, 1.82) is 0 Å². The molecule has 0 aliphatic carbocycles. The molecule has 2 rings (SSSR count). The Hall–Kier alpha value is -0.600. The third-order valence-electron chi connectivity index (χ3n) is 2.80. The Labute approximate surface area is 132 Å². The molecule has 0 bridgehead atoms. The molecule has 0 aromatic heterocycles. The first-order valence-corrected chi connectivity index (χ1v) is 7.03. The number of hydrogen-bond donors (Lipinski definition) is 0. The average molecular weight is 335 g/mol. The van der Waals surface area contributed by atoms with Crippen LogP contribution in [-0.4, -0.2) is 14.1 Å². The molecule has 0 radical (unpaired) electrons. The maximum atomic E-state index is 6.22.